The molecule has 0 radical (unpaired) electrons. The average molecular weight is 429 g/mol. The fourth-order valence-electron chi connectivity index (χ4n) is 8.76. The van der Waals surface area contributed by atoms with E-state index in [9.17, 15) is 0 Å². The van der Waals surface area contributed by atoms with E-state index in [2.05, 4.69) is 45.1 Å². The van der Waals surface area contributed by atoms with Gasteiger partial charge in [0.2, 0.25) is 0 Å². The van der Waals surface area contributed by atoms with Gasteiger partial charge in [-0.2, -0.15) is 0 Å². The van der Waals surface area contributed by atoms with Crippen LogP contribution in [0.5, 0.6) is 0 Å². The Labute approximate surface area is 191 Å². The molecule has 0 bridgehead atoms. The summed E-state index contributed by atoms with van der Waals surface area (Å²) in [7, 11) is 4.59. The fraction of sp³-hybridized carbons (Fsp3) is 0.929. The number of hydrogen-bond donors (Lipinski definition) is 1. The van der Waals surface area contributed by atoms with Crippen molar-refractivity contribution in [3.8, 4) is 0 Å². The van der Waals surface area contributed by atoms with Gasteiger partial charge in [0, 0.05) is 12.1 Å². The van der Waals surface area contributed by atoms with Crippen molar-refractivity contribution < 1.29 is 4.74 Å². The van der Waals surface area contributed by atoms with Crippen molar-refractivity contribution in [2.45, 2.75) is 103 Å². The summed E-state index contributed by atoms with van der Waals surface area (Å²) in [4.78, 5) is 2.50. The molecule has 3 nitrogen and oxygen atoms in total. The van der Waals surface area contributed by atoms with Crippen LogP contribution in [0.3, 0.4) is 0 Å². The highest BCUT2D eigenvalue weighted by Gasteiger charge is 2.55. The van der Waals surface area contributed by atoms with E-state index in [1.807, 2.05) is 5.57 Å². The van der Waals surface area contributed by atoms with Gasteiger partial charge in [-0.05, 0) is 126 Å². The molecule has 0 aromatic heterocycles. The number of ether oxygens (including phenoxy) is 1. The second-order valence-corrected chi connectivity index (χ2v) is 12.7. The molecule has 1 N–H and O–H groups in total. The topological polar surface area (TPSA) is 24.5 Å². The molecule has 1 saturated heterocycles. The number of nitrogens with one attached hydrogen (secondary N) is 1. The summed E-state index contributed by atoms with van der Waals surface area (Å²) in [5.74, 6) is 4.39. The maximum atomic E-state index is 6.61. The lowest BCUT2D eigenvalue weighted by Crippen LogP contribution is -2.49. The normalized spacial score (nSPS) is 50.9. The van der Waals surface area contributed by atoms with Gasteiger partial charge >= 0.3 is 0 Å². The highest BCUT2D eigenvalue weighted by atomic mass is 16.5. The number of hydrogen-bond acceptors (Lipinski definition) is 3. The van der Waals surface area contributed by atoms with E-state index in [4.69, 9.17) is 4.74 Å². The van der Waals surface area contributed by atoms with Crippen molar-refractivity contribution in [2.75, 3.05) is 27.2 Å². The number of piperidine rings is 1. The van der Waals surface area contributed by atoms with Crippen LogP contribution in [0.25, 0.3) is 0 Å². The van der Waals surface area contributed by atoms with Crippen LogP contribution in [0.4, 0.5) is 0 Å². The molecule has 0 spiro atoms. The van der Waals surface area contributed by atoms with E-state index in [0.717, 1.165) is 42.2 Å². The van der Waals surface area contributed by atoms with Crippen LogP contribution in [-0.2, 0) is 4.74 Å². The molecule has 3 heteroatoms. The Bertz CT molecular complexity index is 686. The minimum atomic E-state index is 0.419. The van der Waals surface area contributed by atoms with Gasteiger partial charge in [-0.25, -0.2) is 0 Å². The summed E-state index contributed by atoms with van der Waals surface area (Å²) >= 11 is 0. The van der Waals surface area contributed by atoms with Crippen LogP contribution in [0, 0.1) is 35.0 Å². The predicted molar refractivity (Wildman–Crippen MR) is 129 cm³/mol. The van der Waals surface area contributed by atoms with Crippen LogP contribution in [0.15, 0.2) is 11.1 Å². The molecule has 3 aliphatic carbocycles. The number of rotatable bonds is 1. The molecule has 0 aromatic rings. The highest BCUT2D eigenvalue weighted by Crippen LogP contribution is 2.63. The van der Waals surface area contributed by atoms with Crippen molar-refractivity contribution in [1.29, 1.82) is 0 Å². The fourth-order valence-corrected chi connectivity index (χ4v) is 8.76. The van der Waals surface area contributed by atoms with Gasteiger partial charge in [-0.1, -0.05) is 25.8 Å². The molecule has 9 atom stereocenters. The first-order chi connectivity index (χ1) is 14.9. The Morgan fingerprint density at radius 3 is 2.71 bits per heavy atom. The van der Waals surface area contributed by atoms with Gasteiger partial charge in [-0.15, -0.1) is 0 Å². The summed E-state index contributed by atoms with van der Waals surface area (Å²) in [6.45, 7) is 9.54. The smallest absolute Gasteiger partial charge is 0.0735 e. The number of allylic oxidation sites excluding steroid dienone is 1. The van der Waals surface area contributed by atoms with Gasteiger partial charge in [0.05, 0.1) is 12.7 Å². The highest BCUT2D eigenvalue weighted by molar-refractivity contribution is 5.25. The van der Waals surface area contributed by atoms with Crippen molar-refractivity contribution in [1.82, 2.24) is 10.2 Å². The molecule has 5 aliphatic rings. The molecular formula is C28H48N2O. The van der Waals surface area contributed by atoms with Crippen LogP contribution >= 0.6 is 0 Å². The summed E-state index contributed by atoms with van der Waals surface area (Å²) in [5, 5.41) is 3.83. The molecule has 2 heterocycles. The van der Waals surface area contributed by atoms with Crippen molar-refractivity contribution >= 4 is 0 Å². The Kier molecular flexibility index (Phi) is 6.34. The van der Waals surface area contributed by atoms with E-state index in [1.54, 1.807) is 5.57 Å². The van der Waals surface area contributed by atoms with Crippen molar-refractivity contribution in [2.24, 2.45) is 35.0 Å². The molecule has 4 fully saturated rings. The van der Waals surface area contributed by atoms with Gasteiger partial charge in [0.25, 0.3) is 0 Å². The van der Waals surface area contributed by atoms with Gasteiger partial charge in [0.1, 0.15) is 0 Å². The maximum absolute atomic E-state index is 6.61. The number of nitrogens with zero attached hydrogens (tertiary/aromatic N) is 1. The summed E-state index contributed by atoms with van der Waals surface area (Å²) in [6.07, 6.45) is 14.4. The second-order valence-electron chi connectivity index (χ2n) is 12.7. The van der Waals surface area contributed by atoms with Crippen LogP contribution in [-0.4, -0.2) is 50.3 Å². The second kappa shape index (κ2) is 8.76. The molecular weight excluding hydrogens is 380 g/mol. The standard InChI is InChI=1S/C28H48N2O/c1-18-13-27-26(29-16-18)8-6-7-22-23-10-9-20-14-21(30(4)5)11-12-28(20,3)25(23)15-24(22)19(2)17-31-27/h18,20-23,25-27,29H,6-17H2,1-5H3/b24-19-/t18-,20+,21+,22-,23-,25-,26-,27+,28-/m0/s1. The third kappa shape index (κ3) is 4.06. The maximum Gasteiger partial charge on any atom is 0.0735 e. The zero-order valence-electron chi connectivity index (χ0n) is 21.0. The first kappa shape index (κ1) is 22.4. The molecule has 0 amide bonds. The average Bonchev–Trinajstić information content (AvgIpc) is 3.12. The summed E-state index contributed by atoms with van der Waals surface area (Å²) < 4.78 is 6.61. The Hall–Kier alpha value is -0.380. The van der Waals surface area contributed by atoms with E-state index in [0.29, 0.717) is 17.6 Å². The summed E-state index contributed by atoms with van der Waals surface area (Å²) in [6, 6.07) is 1.39. The van der Waals surface area contributed by atoms with E-state index in [-0.39, 0.29) is 0 Å². The van der Waals surface area contributed by atoms with E-state index in [1.165, 1.54) is 70.8 Å². The minimum Gasteiger partial charge on any atom is -0.372 e. The Morgan fingerprint density at radius 1 is 1.06 bits per heavy atom. The lowest BCUT2D eigenvalue weighted by molar-refractivity contribution is -0.0504. The predicted octanol–water partition coefficient (Wildman–Crippen LogP) is 5.65. The first-order valence-electron chi connectivity index (χ1n) is 13.6. The van der Waals surface area contributed by atoms with E-state index < -0.39 is 0 Å². The molecule has 5 rings (SSSR count). The molecule has 176 valence electrons. The summed E-state index contributed by atoms with van der Waals surface area (Å²) in [5.41, 5.74) is 4.00. The molecule has 0 aromatic carbocycles. The van der Waals surface area contributed by atoms with Gasteiger partial charge in [-0.3, -0.25) is 0 Å². The molecule has 3 saturated carbocycles. The SMILES string of the molecule is C/C1=C2\C[C@H]3[C@@H](CC[C@@H]4C[C@H](N(C)C)CC[C@@]43C)[C@@H]2CCC[C@@H]2NC[C@@H](C)C[C@H]2OC1. The zero-order valence-corrected chi connectivity index (χ0v) is 21.0. The minimum absolute atomic E-state index is 0.419. The van der Waals surface area contributed by atoms with Crippen LogP contribution < -0.4 is 5.32 Å². The third-order valence-electron chi connectivity index (χ3n) is 10.8. The quantitative estimate of drug-likeness (QED) is 0.546. The van der Waals surface area contributed by atoms with Crippen molar-refractivity contribution in [3.63, 3.8) is 0 Å². The largest absolute Gasteiger partial charge is 0.372 e. The third-order valence-corrected chi connectivity index (χ3v) is 10.8. The first-order valence-corrected chi connectivity index (χ1v) is 13.6. The van der Waals surface area contributed by atoms with Crippen molar-refractivity contribution in [3.05, 3.63) is 11.1 Å². The monoisotopic (exact) mass is 428 g/mol. The van der Waals surface area contributed by atoms with E-state index >= 15 is 0 Å². The lowest BCUT2D eigenvalue weighted by atomic mass is 9.52. The lowest BCUT2D eigenvalue weighted by Gasteiger charge is -2.55. The molecule has 0 unspecified atom stereocenters. The molecule has 2 aliphatic heterocycles. The van der Waals surface area contributed by atoms with Gasteiger partial charge in [0.15, 0.2) is 0 Å². The number of fused-ring (bicyclic) bond motifs is 6. The zero-order chi connectivity index (χ0) is 21.8. The molecule has 31 heavy (non-hydrogen) atoms. The van der Waals surface area contributed by atoms with Gasteiger partial charge < -0.3 is 15.0 Å². The Morgan fingerprint density at radius 2 is 1.90 bits per heavy atom. The van der Waals surface area contributed by atoms with Crippen LogP contribution in [0.1, 0.15) is 85.0 Å². The van der Waals surface area contributed by atoms with Crippen LogP contribution in [0.2, 0.25) is 0 Å². The Balaban J connectivity index is 1.37.